The lowest BCUT2D eigenvalue weighted by molar-refractivity contribution is -0.174. The van der Waals surface area contributed by atoms with Crippen LogP contribution in [0.5, 0.6) is 28.7 Å². The van der Waals surface area contributed by atoms with E-state index in [1.807, 2.05) is 25.1 Å². The van der Waals surface area contributed by atoms with Gasteiger partial charge in [0.1, 0.15) is 40.1 Å². The molecule has 4 atom stereocenters. The van der Waals surface area contributed by atoms with Gasteiger partial charge in [0.15, 0.2) is 0 Å². The van der Waals surface area contributed by atoms with E-state index in [1.54, 1.807) is 36.4 Å². The maximum absolute atomic E-state index is 11.3. The molecule has 0 bridgehead atoms. The molecule has 3 aromatic carbocycles. The van der Waals surface area contributed by atoms with Crippen LogP contribution in [0, 0.1) is 5.92 Å². The first kappa shape index (κ1) is 20.3. The highest BCUT2D eigenvalue weighted by molar-refractivity contribution is 5.84. The van der Waals surface area contributed by atoms with Gasteiger partial charge in [-0.2, -0.15) is 0 Å². The number of aromatic hydroxyl groups is 3. The van der Waals surface area contributed by atoms with Crippen molar-refractivity contribution in [2.24, 2.45) is 5.92 Å². The molecule has 0 unspecified atom stereocenters. The van der Waals surface area contributed by atoms with Gasteiger partial charge in [0.2, 0.25) is 0 Å². The first-order valence-electron chi connectivity index (χ1n) is 11.8. The van der Waals surface area contributed by atoms with Crippen LogP contribution in [-0.2, 0) is 0 Å². The Bertz CT molecular complexity index is 1560. The summed E-state index contributed by atoms with van der Waals surface area (Å²) >= 11 is 0. The third-order valence-electron chi connectivity index (χ3n) is 7.70. The monoisotopic (exact) mass is 468 g/mol. The Morgan fingerprint density at radius 3 is 2.51 bits per heavy atom. The van der Waals surface area contributed by atoms with Crippen LogP contribution < -0.4 is 9.47 Å². The minimum absolute atomic E-state index is 0.0401. The lowest BCUT2D eigenvalue weighted by atomic mass is 9.62. The van der Waals surface area contributed by atoms with Gasteiger partial charge in [-0.15, -0.1) is 0 Å². The first-order valence-corrected chi connectivity index (χ1v) is 11.8. The molecule has 6 nitrogen and oxygen atoms in total. The molecule has 0 spiro atoms. The second-order valence-corrected chi connectivity index (χ2v) is 10.1. The Kier molecular flexibility index (Phi) is 3.92. The fourth-order valence-electron chi connectivity index (χ4n) is 6.31. The number of hydrogen-bond acceptors (Lipinski definition) is 6. The van der Waals surface area contributed by atoms with E-state index < -0.39 is 5.79 Å². The smallest absolute Gasteiger partial charge is 0.252 e. The molecule has 2 aliphatic heterocycles. The Morgan fingerprint density at radius 2 is 1.66 bits per heavy atom. The van der Waals surface area contributed by atoms with Crippen molar-refractivity contribution in [2.45, 2.75) is 37.9 Å². The van der Waals surface area contributed by atoms with E-state index in [2.05, 4.69) is 13.0 Å². The molecule has 7 rings (SSSR count). The number of phenols is 3. The van der Waals surface area contributed by atoms with Gasteiger partial charge >= 0.3 is 0 Å². The van der Waals surface area contributed by atoms with Crippen molar-refractivity contribution in [1.82, 2.24) is 0 Å². The summed E-state index contributed by atoms with van der Waals surface area (Å²) in [6, 6.07) is 15.7. The zero-order valence-electron chi connectivity index (χ0n) is 19.3. The predicted molar refractivity (Wildman–Crippen MR) is 130 cm³/mol. The van der Waals surface area contributed by atoms with E-state index in [9.17, 15) is 15.3 Å². The highest BCUT2D eigenvalue weighted by Gasteiger charge is 2.57. The van der Waals surface area contributed by atoms with Gasteiger partial charge in [-0.05, 0) is 55.3 Å². The molecule has 0 radical (unpaired) electrons. The fourth-order valence-corrected chi connectivity index (χ4v) is 6.31. The molecule has 3 heterocycles. The van der Waals surface area contributed by atoms with Gasteiger partial charge < -0.3 is 29.2 Å². The van der Waals surface area contributed by atoms with Crippen LogP contribution >= 0.6 is 0 Å². The third-order valence-corrected chi connectivity index (χ3v) is 7.70. The summed E-state index contributed by atoms with van der Waals surface area (Å²) in [5.74, 6) is 1.18. The average Bonchev–Trinajstić information content (AvgIpc) is 3.21. The van der Waals surface area contributed by atoms with Crippen LogP contribution in [0.4, 0.5) is 0 Å². The highest BCUT2D eigenvalue weighted by Crippen LogP contribution is 2.61. The molecule has 0 saturated heterocycles. The van der Waals surface area contributed by atoms with Gasteiger partial charge in [-0.25, -0.2) is 0 Å². The van der Waals surface area contributed by atoms with Crippen LogP contribution in [0.3, 0.4) is 0 Å². The SMILES string of the molecule is CC1=C[C@H]2c3c(O)cc(-c4cc5ccc(O)cc5o4)cc3O[C@@]3(C)Oc4cc(O)ccc4[C@H](C1)[C@@H]23. The summed E-state index contributed by atoms with van der Waals surface area (Å²) < 4.78 is 19.0. The van der Waals surface area contributed by atoms with Crippen LogP contribution in [0.2, 0.25) is 0 Å². The minimum atomic E-state index is -0.981. The number of hydrogen-bond donors (Lipinski definition) is 3. The maximum Gasteiger partial charge on any atom is 0.252 e. The average molecular weight is 469 g/mol. The van der Waals surface area contributed by atoms with E-state index in [-0.39, 0.29) is 35.0 Å². The normalized spacial score (nSPS) is 26.1. The van der Waals surface area contributed by atoms with Gasteiger partial charge in [0.05, 0.1) is 5.92 Å². The molecular weight excluding hydrogens is 444 g/mol. The van der Waals surface area contributed by atoms with E-state index in [0.29, 0.717) is 28.4 Å². The standard InChI is InChI=1S/C29H24O6/c1-14-7-20-19-6-5-18(31)13-25(19)34-29(2)28(20)21(8-14)27-22(32)9-16(11-26(27)35-29)23-10-15-3-4-17(30)12-24(15)33-23/h3-6,8-13,20-21,28,30-32H,7H2,1-2H3/t20-,21-,28-,29+/m0/s1. The summed E-state index contributed by atoms with van der Waals surface area (Å²) in [6.07, 6.45) is 3.08. The first-order chi connectivity index (χ1) is 16.8. The highest BCUT2D eigenvalue weighted by atomic mass is 16.7. The molecule has 0 amide bonds. The topological polar surface area (TPSA) is 92.3 Å². The summed E-state index contributed by atoms with van der Waals surface area (Å²) in [5, 5.41) is 32.0. The molecule has 3 N–H and O–H groups in total. The van der Waals surface area contributed by atoms with Crippen LogP contribution in [0.1, 0.15) is 43.2 Å². The van der Waals surface area contributed by atoms with Crippen molar-refractivity contribution >= 4 is 11.0 Å². The van der Waals surface area contributed by atoms with Crippen LogP contribution in [-0.4, -0.2) is 21.1 Å². The van der Waals surface area contributed by atoms with Crippen molar-refractivity contribution in [1.29, 1.82) is 0 Å². The second kappa shape index (κ2) is 6.75. The fraction of sp³-hybridized carbons (Fsp3) is 0.241. The van der Waals surface area contributed by atoms with Crippen LogP contribution in [0.15, 0.2) is 70.7 Å². The molecule has 0 fully saturated rings. The number of rotatable bonds is 1. The van der Waals surface area contributed by atoms with E-state index in [1.165, 1.54) is 5.57 Å². The molecule has 35 heavy (non-hydrogen) atoms. The number of allylic oxidation sites excluding steroid dienone is 2. The van der Waals surface area contributed by atoms with Crippen molar-refractivity contribution < 1.29 is 29.2 Å². The molecule has 176 valence electrons. The van der Waals surface area contributed by atoms with Crippen molar-refractivity contribution in [3.63, 3.8) is 0 Å². The van der Waals surface area contributed by atoms with Gasteiger partial charge in [0, 0.05) is 47.4 Å². The van der Waals surface area contributed by atoms with Crippen molar-refractivity contribution in [3.8, 4) is 40.1 Å². The van der Waals surface area contributed by atoms with Gasteiger partial charge in [-0.3, -0.25) is 0 Å². The largest absolute Gasteiger partial charge is 0.508 e. The molecule has 3 aliphatic rings. The Morgan fingerprint density at radius 1 is 0.886 bits per heavy atom. The Balaban J connectivity index is 1.39. The van der Waals surface area contributed by atoms with Crippen LogP contribution in [0.25, 0.3) is 22.3 Å². The molecule has 1 aromatic heterocycles. The molecule has 1 aliphatic carbocycles. The third kappa shape index (κ3) is 2.89. The minimum Gasteiger partial charge on any atom is -0.508 e. The van der Waals surface area contributed by atoms with E-state index >= 15 is 0 Å². The molecule has 4 aromatic rings. The van der Waals surface area contributed by atoms with Crippen molar-refractivity contribution in [3.05, 3.63) is 77.4 Å². The maximum atomic E-state index is 11.3. The second-order valence-electron chi connectivity index (χ2n) is 10.1. The molecule has 6 heteroatoms. The number of phenolic OH excluding ortho intramolecular Hbond substituents is 3. The van der Waals surface area contributed by atoms with E-state index in [4.69, 9.17) is 13.9 Å². The zero-order chi connectivity index (χ0) is 24.1. The van der Waals surface area contributed by atoms with Gasteiger partial charge in [0.25, 0.3) is 5.79 Å². The number of furan rings is 1. The molecule has 0 saturated carbocycles. The number of fused-ring (bicyclic) bond motifs is 5. The quantitative estimate of drug-likeness (QED) is 0.274. The Hall–Kier alpha value is -4.06. The lowest BCUT2D eigenvalue weighted by Gasteiger charge is -2.53. The summed E-state index contributed by atoms with van der Waals surface area (Å²) in [4.78, 5) is 0. The molecular formula is C29H24O6. The zero-order valence-corrected chi connectivity index (χ0v) is 19.3. The summed E-state index contributed by atoms with van der Waals surface area (Å²) in [7, 11) is 0. The number of ether oxygens (including phenoxy) is 2. The van der Waals surface area contributed by atoms with Gasteiger partial charge in [-0.1, -0.05) is 17.7 Å². The lowest BCUT2D eigenvalue weighted by Crippen LogP contribution is -2.56. The van der Waals surface area contributed by atoms with E-state index in [0.717, 1.165) is 22.9 Å². The van der Waals surface area contributed by atoms with Crippen molar-refractivity contribution in [2.75, 3.05) is 0 Å². The predicted octanol–water partition coefficient (Wildman–Crippen LogP) is 6.55. The number of benzene rings is 3. The summed E-state index contributed by atoms with van der Waals surface area (Å²) in [6.45, 7) is 4.06. The Labute approximate surface area is 201 Å². The summed E-state index contributed by atoms with van der Waals surface area (Å²) in [5.41, 5.74) is 4.27.